The molecule has 22 heavy (non-hydrogen) atoms. The lowest BCUT2D eigenvalue weighted by Gasteiger charge is -2.30. The monoisotopic (exact) mass is 305 g/mol. The summed E-state index contributed by atoms with van der Waals surface area (Å²) < 4.78 is 24.3. The van der Waals surface area contributed by atoms with Crippen molar-refractivity contribution in [3.8, 4) is 11.5 Å². The molecule has 2 heterocycles. The van der Waals surface area contributed by atoms with Crippen LogP contribution in [-0.4, -0.2) is 49.3 Å². The molecule has 0 radical (unpaired) electrons. The molecule has 1 aromatic carbocycles. The zero-order valence-corrected chi connectivity index (χ0v) is 12.6. The number of halogens is 1. The Morgan fingerprint density at radius 1 is 1.45 bits per heavy atom. The summed E-state index contributed by atoms with van der Waals surface area (Å²) in [5, 5.41) is 3.32. The van der Waals surface area contributed by atoms with Gasteiger partial charge in [0.2, 0.25) is 5.89 Å². The maximum absolute atomic E-state index is 13.2. The fourth-order valence-corrected chi connectivity index (χ4v) is 2.49. The first-order chi connectivity index (χ1) is 10.7. The predicted molar refractivity (Wildman–Crippen MR) is 80.8 cm³/mol. The zero-order valence-electron chi connectivity index (χ0n) is 12.6. The van der Waals surface area contributed by atoms with E-state index in [1.807, 2.05) is 0 Å². The quantitative estimate of drug-likeness (QED) is 0.914. The van der Waals surface area contributed by atoms with E-state index < -0.39 is 0 Å². The average Bonchev–Trinajstić information content (AvgIpc) is 2.96. The highest BCUT2D eigenvalue weighted by Crippen LogP contribution is 2.19. The molecule has 5 nitrogen and oxygen atoms in total. The van der Waals surface area contributed by atoms with Gasteiger partial charge in [0.15, 0.2) is 0 Å². The molecule has 1 aliphatic heterocycles. The number of rotatable bonds is 5. The highest BCUT2D eigenvalue weighted by atomic mass is 19.1. The van der Waals surface area contributed by atoms with Crippen molar-refractivity contribution in [3.63, 3.8) is 0 Å². The first kappa shape index (κ1) is 15.1. The van der Waals surface area contributed by atoms with Gasteiger partial charge in [0.1, 0.15) is 12.1 Å². The highest BCUT2D eigenvalue weighted by Gasteiger charge is 2.17. The second-order valence-corrected chi connectivity index (χ2v) is 5.54. The molecule has 3 rings (SSSR count). The van der Waals surface area contributed by atoms with Crippen LogP contribution in [0.5, 0.6) is 0 Å². The number of oxazole rings is 1. The molecular weight excluding hydrogens is 285 g/mol. The van der Waals surface area contributed by atoms with Crippen molar-refractivity contribution < 1.29 is 13.5 Å². The number of ether oxygens (including phenoxy) is 1. The molecule has 0 saturated carbocycles. The van der Waals surface area contributed by atoms with Crippen LogP contribution in [0.4, 0.5) is 4.39 Å². The standard InChI is InChI=1S/C16H20FN3O2/c1-20-5-6-21-15(10-20)9-18-8-14-11-22-16(19-14)12-3-2-4-13(17)7-12/h2-4,7,11,15,18H,5-6,8-10H2,1H3/t15-/m1/s1. The van der Waals surface area contributed by atoms with Gasteiger partial charge in [-0.05, 0) is 25.2 Å². The largest absolute Gasteiger partial charge is 0.444 e. The minimum atomic E-state index is -0.297. The third-order valence-electron chi connectivity index (χ3n) is 3.64. The fourth-order valence-electron chi connectivity index (χ4n) is 2.49. The Bertz CT molecular complexity index is 617. The van der Waals surface area contributed by atoms with Gasteiger partial charge in [-0.3, -0.25) is 0 Å². The number of benzene rings is 1. The van der Waals surface area contributed by atoms with E-state index in [1.54, 1.807) is 18.4 Å². The molecular formula is C16H20FN3O2. The molecule has 0 unspecified atom stereocenters. The number of hydrogen-bond acceptors (Lipinski definition) is 5. The van der Waals surface area contributed by atoms with Crippen molar-refractivity contribution in [3.05, 3.63) is 42.0 Å². The SMILES string of the molecule is CN1CCO[C@H](CNCc2coc(-c3cccc(F)c3)n2)C1. The molecule has 1 aromatic heterocycles. The summed E-state index contributed by atoms with van der Waals surface area (Å²) >= 11 is 0. The number of hydrogen-bond donors (Lipinski definition) is 1. The number of nitrogens with one attached hydrogen (secondary N) is 1. The predicted octanol–water partition coefficient (Wildman–Crippen LogP) is 1.90. The van der Waals surface area contributed by atoms with E-state index >= 15 is 0 Å². The Labute approximate surface area is 129 Å². The zero-order chi connectivity index (χ0) is 15.4. The topological polar surface area (TPSA) is 50.5 Å². The Balaban J connectivity index is 1.51. The smallest absolute Gasteiger partial charge is 0.226 e. The maximum atomic E-state index is 13.2. The molecule has 0 amide bonds. The van der Waals surface area contributed by atoms with Crippen LogP contribution in [0, 0.1) is 5.82 Å². The van der Waals surface area contributed by atoms with E-state index in [4.69, 9.17) is 9.15 Å². The lowest BCUT2D eigenvalue weighted by Crippen LogP contribution is -2.44. The first-order valence-corrected chi connectivity index (χ1v) is 7.42. The van der Waals surface area contributed by atoms with E-state index in [9.17, 15) is 4.39 Å². The second-order valence-electron chi connectivity index (χ2n) is 5.54. The summed E-state index contributed by atoms with van der Waals surface area (Å²) in [5.74, 6) is 0.138. The van der Waals surface area contributed by atoms with Crippen LogP contribution in [0.3, 0.4) is 0 Å². The summed E-state index contributed by atoms with van der Waals surface area (Å²) in [6, 6.07) is 6.23. The van der Waals surface area contributed by atoms with Gasteiger partial charge in [-0.1, -0.05) is 6.07 Å². The Hall–Kier alpha value is -1.76. The van der Waals surface area contributed by atoms with Crippen molar-refractivity contribution in [2.75, 3.05) is 33.3 Å². The van der Waals surface area contributed by atoms with Gasteiger partial charge >= 0.3 is 0 Å². The highest BCUT2D eigenvalue weighted by molar-refractivity contribution is 5.52. The second kappa shape index (κ2) is 7.00. The molecule has 0 spiro atoms. The number of likely N-dealkylation sites (N-methyl/N-ethyl adjacent to an activating group) is 1. The van der Waals surface area contributed by atoms with Crippen LogP contribution in [-0.2, 0) is 11.3 Å². The molecule has 1 atom stereocenters. The van der Waals surface area contributed by atoms with E-state index in [2.05, 4.69) is 22.2 Å². The molecule has 1 N–H and O–H groups in total. The first-order valence-electron chi connectivity index (χ1n) is 7.42. The Morgan fingerprint density at radius 2 is 2.36 bits per heavy atom. The van der Waals surface area contributed by atoms with Gasteiger partial charge in [-0.2, -0.15) is 0 Å². The van der Waals surface area contributed by atoms with Gasteiger partial charge in [-0.25, -0.2) is 9.37 Å². The minimum absolute atomic E-state index is 0.202. The van der Waals surface area contributed by atoms with Gasteiger partial charge in [-0.15, -0.1) is 0 Å². The lowest BCUT2D eigenvalue weighted by molar-refractivity contribution is -0.0182. The van der Waals surface area contributed by atoms with E-state index in [1.165, 1.54) is 12.1 Å². The number of aromatic nitrogens is 1. The van der Waals surface area contributed by atoms with Crippen LogP contribution in [0.2, 0.25) is 0 Å². The summed E-state index contributed by atoms with van der Waals surface area (Å²) in [4.78, 5) is 6.63. The van der Waals surface area contributed by atoms with Crippen LogP contribution >= 0.6 is 0 Å². The third kappa shape index (κ3) is 3.91. The van der Waals surface area contributed by atoms with E-state index in [0.29, 0.717) is 18.0 Å². The fraction of sp³-hybridized carbons (Fsp3) is 0.438. The van der Waals surface area contributed by atoms with Crippen LogP contribution < -0.4 is 5.32 Å². The third-order valence-corrected chi connectivity index (χ3v) is 3.64. The van der Waals surface area contributed by atoms with Gasteiger partial charge in [0.05, 0.1) is 18.4 Å². The van der Waals surface area contributed by atoms with Gasteiger partial charge in [0.25, 0.3) is 0 Å². The Morgan fingerprint density at radius 3 is 3.18 bits per heavy atom. The van der Waals surface area contributed by atoms with Crippen LogP contribution in [0.1, 0.15) is 5.69 Å². The number of morpholine rings is 1. The normalized spacial score (nSPS) is 19.5. The molecule has 1 saturated heterocycles. The van der Waals surface area contributed by atoms with Crippen molar-refractivity contribution in [1.29, 1.82) is 0 Å². The van der Waals surface area contributed by atoms with E-state index in [-0.39, 0.29) is 11.9 Å². The average molecular weight is 305 g/mol. The Kier molecular flexibility index (Phi) is 4.82. The lowest BCUT2D eigenvalue weighted by atomic mass is 10.2. The van der Waals surface area contributed by atoms with Crippen molar-refractivity contribution >= 4 is 0 Å². The van der Waals surface area contributed by atoms with Crippen molar-refractivity contribution in [2.45, 2.75) is 12.6 Å². The van der Waals surface area contributed by atoms with Gasteiger partial charge in [0, 0.05) is 31.7 Å². The summed E-state index contributed by atoms with van der Waals surface area (Å²) in [6.07, 6.45) is 1.80. The molecule has 118 valence electrons. The summed E-state index contributed by atoms with van der Waals surface area (Å²) in [5.41, 5.74) is 1.44. The molecule has 1 aliphatic rings. The molecule has 0 bridgehead atoms. The van der Waals surface area contributed by atoms with E-state index in [0.717, 1.165) is 31.9 Å². The molecule has 2 aromatic rings. The summed E-state index contributed by atoms with van der Waals surface area (Å²) in [7, 11) is 2.10. The maximum Gasteiger partial charge on any atom is 0.226 e. The van der Waals surface area contributed by atoms with Crippen LogP contribution in [0.25, 0.3) is 11.5 Å². The van der Waals surface area contributed by atoms with Crippen molar-refractivity contribution in [1.82, 2.24) is 15.2 Å². The molecule has 0 aliphatic carbocycles. The molecule has 6 heteroatoms. The number of nitrogens with zero attached hydrogens (tertiary/aromatic N) is 2. The van der Waals surface area contributed by atoms with Gasteiger partial charge < -0.3 is 19.4 Å². The van der Waals surface area contributed by atoms with Crippen molar-refractivity contribution in [2.24, 2.45) is 0 Å². The summed E-state index contributed by atoms with van der Waals surface area (Å²) in [6.45, 7) is 4.06. The molecule has 1 fully saturated rings. The minimum Gasteiger partial charge on any atom is -0.444 e. The van der Waals surface area contributed by atoms with Crippen LogP contribution in [0.15, 0.2) is 34.9 Å².